The number of anilines is 1. The Morgan fingerprint density at radius 3 is 2.63 bits per heavy atom. The maximum atomic E-state index is 6.24. The van der Waals surface area contributed by atoms with E-state index in [2.05, 4.69) is 27.8 Å². The van der Waals surface area contributed by atoms with E-state index in [0.29, 0.717) is 0 Å². The van der Waals surface area contributed by atoms with Crippen molar-refractivity contribution in [2.24, 2.45) is 0 Å². The molecule has 0 saturated carbocycles. The molecule has 4 heteroatoms. The van der Waals surface area contributed by atoms with Gasteiger partial charge in [-0.05, 0) is 12.1 Å². The summed E-state index contributed by atoms with van der Waals surface area (Å²) < 4.78 is 0. The summed E-state index contributed by atoms with van der Waals surface area (Å²) in [7, 11) is 0. The molecule has 0 aromatic heterocycles. The third kappa shape index (κ3) is 4.23. The van der Waals surface area contributed by atoms with Gasteiger partial charge in [-0.15, -0.1) is 6.58 Å². The first-order chi connectivity index (χ1) is 9.31. The summed E-state index contributed by atoms with van der Waals surface area (Å²) in [5.74, 6) is 0. The van der Waals surface area contributed by atoms with Crippen molar-refractivity contribution in [1.82, 2.24) is 10.2 Å². The molecule has 0 radical (unpaired) electrons. The van der Waals surface area contributed by atoms with Crippen molar-refractivity contribution >= 4 is 17.3 Å². The minimum atomic E-state index is 0.851. The van der Waals surface area contributed by atoms with Crippen LogP contribution >= 0.6 is 11.6 Å². The van der Waals surface area contributed by atoms with Crippen LogP contribution in [0.15, 0.2) is 36.9 Å². The van der Waals surface area contributed by atoms with E-state index >= 15 is 0 Å². The first-order valence-electron chi connectivity index (χ1n) is 6.84. The second-order valence-corrected chi connectivity index (χ2v) is 5.18. The van der Waals surface area contributed by atoms with Gasteiger partial charge >= 0.3 is 0 Å². The standard InChI is InChI=1S/C15H22ClN3/c1-2-7-17-8-9-18-10-12-19(13-11-18)15-6-4-3-5-14(15)16/h2-6,17H,1,7-13H2. The van der Waals surface area contributed by atoms with Crippen molar-refractivity contribution in [1.29, 1.82) is 0 Å². The second kappa shape index (κ2) is 7.53. The van der Waals surface area contributed by atoms with Crippen LogP contribution < -0.4 is 10.2 Å². The summed E-state index contributed by atoms with van der Waals surface area (Å²) in [6.45, 7) is 11.0. The van der Waals surface area contributed by atoms with Gasteiger partial charge in [0.25, 0.3) is 0 Å². The van der Waals surface area contributed by atoms with Crippen LogP contribution in [0.5, 0.6) is 0 Å². The van der Waals surface area contributed by atoms with E-state index in [1.807, 2.05) is 24.3 Å². The average Bonchev–Trinajstić information content (AvgIpc) is 2.45. The van der Waals surface area contributed by atoms with Gasteiger partial charge in [0.2, 0.25) is 0 Å². The molecule has 0 spiro atoms. The zero-order chi connectivity index (χ0) is 13.5. The number of rotatable bonds is 6. The van der Waals surface area contributed by atoms with Crippen molar-refractivity contribution in [3.8, 4) is 0 Å². The van der Waals surface area contributed by atoms with Crippen molar-refractivity contribution in [3.63, 3.8) is 0 Å². The molecule has 1 aliphatic heterocycles. The topological polar surface area (TPSA) is 18.5 Å². The van der Waals surface area contributed by atoms with Crippen LogP contribution in [0.25, 0.3) is 0 Å². The van der Waals surface area contributed by atoms with E-state index in [1.54, 1.807) is 0 Å². The molecule has 1 aromatic carbocycles. The first-order valence-corrected chi connectivity index (χ1v) is 7.22. The Morgan fingerprint density at radius 2 is 1.95 bits per heavy atom. The van der Waals surface area contributed by atoms with Gasteiger partial charge in [-0.3, -0.25) is 4.90 Å². The lowest BCUT2D eigenvalue weighted by Crippen LogP contribution is -2.48. The number of halogens is 1. The minimum Gasteiger partial charge on any atom is -0.368 e. The molecule has 2 rings (SSSR count). The largest absolute Gasteiger partial charge is 0.368 e. The van der Waals surface area contributed by atoms with Gasteiger partial charge in [-0.2, -0.15) is 0 Å². The number of benzene rings is 1. The highest BCUT2D eigenvalue weighted by Crippen LogP contribution is 2.25. The zero-order valence-corrected chi connectivity index (χ0v) is 12.1. The van der Waals surface area contributed by atoms with Gasteiger partial charge in [-0.25, -0.2) is 0 Å². The van der Waals surface area contributed by atoms with Gasteiger partial charge in [0.1, 0.15) is 0 Å². The summed E-state index contributed by atoms with van der Waals surface area (Å²) in [4.78, 5) is 4.86. The molecule has 1 heterocycles. The summed E-state index contributed by atoms with van der Waals surface area (Å²) in [6, 6.07) is 8.09. The predicted octanol–water partition coefficient (Wildman–Crippen LogP) is 2.24. The Labute approximate surface area is 120 Å². The summed E-state index contributed by atoms with van der Waals surface area (Å²) in [6.07, 6.45) is 1.90. The third-order valence-corrected chi connectivity index (χ3v) is 3.78. The van der Waals surface area contributed by atoms with E-state index in [-0.39, 0.29) is 0 Å². The van der Waals surface area contributed by atoms with Gasteiger partial charge in [0, 0.05) is 45.8 Å². The third-order valence-electron chi connectivity index (χ3n) is 3.46. The monoisotopic (exact) mass is 279 g/mol. The van der Waals surface area contributed by atoms with Gasteiger partial charge in [0.15, 0.2) is 0 Å². The van der Waals surface area contributed by atoms with E-state index in [4.69, 9.17) is 11.6 Å². The van der Waals surface area contributed by atoms with E-state index in [1.165, 1.54) is 0 Å². The number of nitrogens with zero attached hydrogens (tertiary/aromatic N) is 2. The average molecular weight is 280 g/mol. The van der Waals surface area contributed by atoms with Crippen molar-refractivity contribution < 1.29 is 0 Å². The van der Waals surface area contributed by atoms with Crippen molar-refractivity contribution in [3.05, 3.63) is 41.9 Å². The van der Waals surface area contributed by atoms with Crippen LogP contribution in [0.2, 0.25) is 5.02 Å². The van der Waals surface area contributed by atoms with Crippen LogP contribution in [-0.2, 0) is 0 Å². The molecule has 1 saturated heterocycles. The molecule has 0 amide bonds. The number of nitrogens with one attached hydrogen (secondary N) is 1. The SMILES string of the molecule is C=CCNCCN1CCN(c2ccccc2Cl)CC1. The lowest BCUT2D eigenvalue weighted by molar-refractivity contribution is 0.259. The summed E-state index contributed by atoms with van der Waals surface area (Å²) >= 11 is 6.24. The Balaban J connectivity index is 1.76. The number of hydrogen-bond donors (Lipinski definition) is 1. The van der Waals surface area contributed by atoms with Crippen LogP contribution in [0, 0.1) is 0 Å². The molecule has 0 unspecified atom stereocenters. The van der Waals surface area contributed by atoms with E-state index < -0.39 is 0 Å². The quantitative estimate of drug-likeness (QED) is 0.636. The minimum absolute atomic E-state index is 0.851. The molecule has 0 aliphatic carbocycles. The molecular weight excluding hydrogens is 258 g/mol. The fourth-order valence-corrected chi connectivity index (χ4v) is 2.62. The predicted molar refractivity (Wildman–Crippen MR) is 83.2 cm³/mol. The molecule has 1 fully saturated rings. The Kier molecular flexibility index (Phi) is 5.70. The van der Waals surface area contributed by atoms with Gasteiger partial charge < -0.3 is 10.2 Å². The molecule has 104 valence electrons. The number of hydrogen-bond acceptors (Lipinski definition) is 3. The molecule has 3 nitrogen and oxygen atoms in total. The smallest absolute Gasteiger partial charge is 0.0639 e. The summed E-state index contributed by atoms with van der Waals surface area (Å²) in [5, 5.41) is 4.19. The maximum Gasteiger partial charge on any atom is 0.0639 e. The lowest BCUT2D eigenvalue weighted by atomic mass is 10.2. The highest BCUT2D eigenvalue weighted by atomic mass is 35.5. The highest BCUT2D eigenvalue weighted by Gasteiger charge is 2.17. The molecule has 19 heavy (non-hydrogen) atoms. The molecule has 1 aliphatic rings. The highest BCUT2D eigenvalue weighted by molar-refractivity contribution is 6.33. The van der Waals surface area contributed by atoms with Crippen LogP contribution in [0.4, 0.5) is 5.69 Å². The van der Waals surface area contributed by atoms with E-state index in [9.17, 15) is 0 Å². The summed E-state index contributed by atoms with van der Waals surface area (Å²) in [5.41, 5.74) is 1.16. The van der Waals surface area contributed by atoms with E-state index in [0.717, 1.165) is 56.5 Å². The van der Waals surface area contributed by atoms with Crippen LogP contribution in [0.3, 0.4) is 0 Å². The fraction of sp³-hybridized carbons (Fsp3) is 0.467. The number of para-hydroxylation sites is 1. The van der Waals surface area contributed by atoms with Crippen LogP contribution in [0.1, 0.15) is 0 Å². The van der Waals surface area contributed by atoms with Crippen LogP contribution in [-0.4, -0.2) is 50.7 Å². The molecule has 1 aromatic rings. The zero-order valence-electron chi connectivity index (χ0n) is 11.3. The lowest BCUT2D eigenvalue weighted by Gasteiger charge is -2.36. The van der Waals surface area contributed by atoms with Crippen molar-refractivity contribution in [2.75, 3.05) is 50.7 Å². The molecule has 0 atom stereocenters. The van der Waals surface area contributed by atoms with Crippen molar-refractivity contribution in [2.45, 2.75) is 0 Å². The molecular formula is C15H22ClN3. The Hall–Kier alpha value is -1.03. The molecule has 0 bridgehead atoms. The Morgan fingerprint density at radius 1 is 1.21 bits per heavy atom. The normalized spacial score (nSPS) is 16.6. The maximum absolute atomic E-state index is 6.24. The number of piperazine rings is 1. The first kappa shape index (κ1) is 14.4. The molecule has 1 N–H and O–H groups in total. The van der Waals surface area contributed by atoms with Gasteiger partial charge in [0.05, 0.1) is 10.7 Å². The van der Waals surface area contributed by atoms with Gasteiger partial charge in [-0.1, -0.05) is 29.8 Å². The fourth-order valence-electron chi connectivity index (χ4n) is 2.36. The second-order valence-electron chi connectivity index (χ2n) is 4.77. The Bertz CT molecular complexity index is 400.